The lowest BCUT2D eigenvalue weighted by Crippen LogP contribution is -2.03. The van der Waals surface area contributed by atoms with Crippen LogP contribution in [0.2, 0.25) is 0 Å². The summed E-state index contributed by atoms with van der Waals surface area (Å²) in [5.41, 5.74) is 2.92. The van der Waals surface area contributed by atoms with E-state index >= 15 is 0 Å². The van der Waals surface area contributed by atoms with E-state index in [4.69, 9.17) is 4.42 Å². The molecule has 0 saturated carbocycles. The molecule has 6 heteroatoms. The molecule has 0 amide bonds. The van der Waals surface area contributed by atoms with E-state index in [-0.39, 0.29) is 11.8 Å². The summed E-state index contributed by atoms with van der Waals surface area (Å²) in [4.78, 5) is 0. The Kier molecular flexibility index (Phi) is 4.99. The first-order valence-electron chi connectivity index (χ1n) is 8.84. The van der Waals surface area contributed by atoms with E-state index in [1.54, 1.807) is 6.08 Å². The van der Waals surface area contributed by atoms with Crippen LogP contribution in [-0.4, -0.2) is 10.2 Å². The van der Waals surface area contributed by atoms with Crippen molar-refractivity contribution in [1.82, 2.24) is 10.2 Å². The first-order chi connectivity index (χ1) is 14.0. The van der Waals surface area contributed by atoms with Gasteiger partial charge in [-0.3, -0.25) is 0 Å². The molecule has 0 aliphatic heterocycles. The molecule has 4 rings (SSSR count). The molecule has 4 aromatic rings. The van der Waals surface area contributed by atoms with Crippen molar-refractivity contribution in [3.63, 3.8) is 0 Å². The fourth-order valence-electron chi connectivity index (χ4n) is 2.81. The Bertz CT molecular complexity index is 1110. The molecule has 144 valence electrons. The fourth-order valence-corrected chi connectivity index (χ4v) is 2.81. The molecular weight excluding hydrogens is 377 g/mol. The molecule has 0 atom stereocenters. The van der Waals surface area contributed by atoms with Crippen molar-refractivity contribution in [1.29, 1.82) is 0 Å². The first kappa shape index (κ1) is 18.7. The molecule has 0 unspecified atom stereocenters. The van der Waals surface area contributed by atoms with Crippen molar-refractivity contribution in [3.05, 3.63) is 95.9 Å². The SMILES string of the molecule is FC(F)(F)c1ccc(-c2nnc(/C=C/c3ccc(-c4ccccc4)cc3)o2)cc1. The Balaban J connectivity index is 1.47. The second kappa shape index (κ2) is 7.75. The summed E-state index contributed by atoms with van der Waals surface area (Å²) in [6.07, 6.45) is -0.881. The van der Waals surface area contributed by atoms with Crippen LogP contribution in [0.5, 0.6) is 0 Å². The quantitative estimate of drug-likeness (QED) is 0.393. The zero-order valence-electron chi connectivity index (χ0n) is 15.1. The molecule has 0 fully saturated rings. The van der Waals surface area contributed by atoms with Gasteiger partial charge in [-0.25, -0.2) is 0 Å². The molecule has 0 saturated heterocycles. The second-order valence-electron chi connectivity index (χ2n) is 6.34. The Morgan fingerprint density at radius 1 is 0.655 bits per heavy atom. The number of nitrogens with zero attached hydrogens (tertiary/aromatic N) is 2. The number of rotatable bonds is 4. The van der Waals surface area contributed by atoms with E-state index < -0.39 is 11.7 Å². The largest absolute Gasteiger partial charge is 0.417 e. The van der Waals surface area contributed by atoms with Crippen LogP contribution >= 0.6 is 0 Å². The first-order valence-corrected chi connectivity index (χ1v) is 8.84. The topological polar surface area (TPSA) is 38.9 Å². The van der Waals surface area contributed by atoms with Crippen LogP contribution in [0.25, 0.3) is 34.7 Å². The molecule has 0 aliphatic carbocycles. The molecule has 0 N–H and O–H groups in total. The summed E-state index contributed by atoms with van der Waals surface area (Å²) in [6.45, 7) is 0. The Morgan fingerprint density at radius 2 is 1.28 bits per heavy atom. The van der Waals surface area contributed by atoms with Gasteiger partial charge in [-0.2, -0.15) is 13.2 Å². The molecule has 1 aromatic heterocycles. The molecule has 0 bridgehead atoms. The summed E-state index contributed by atoms with van der Waals surface area (Å²) >= 11 is 0. The van der Waals surface area contributed by atoms with Crippen molar-refractivity contribution in [2.45, 2.75) is 6.18 Å². The highest BCUT2D eigenvalue weighted by molar-refractivity contribution is 5.70. The van der Waals surface area contributed by atoms with Crippen molar-refractivity contribution < 1.29 is 17.6 Å². The van der Waals surface area contributed by atoms with E-state index in [1.807, 2.05) is 60.7 Å². The number of halogens is 3. The summed E-state index contributed by atoms with van der Waals surface area (Å²) in [7, 11) is 0. The number of benzene rings is 3. The second-order valence-corrected chi connectivity index (χ2v) is 6.34. The lowest BCUT2D eigenvalue weighted by molar-refractivity contribution is -0.137. The molecule has 0 spiro atoms. The van der Waals surface area contributed by atoms with E-state index in [9.17, 15) is 13.2 Å². The summed E-state index contributed by atoms with van der Waals surface area (Å²) in [5.74, 6) is 0.435. The van der Waals surface area contributed by atoms with Crippen LogP contribution in [0.1, 0.15) is 17.0 Å². The van der Waals surface area contributed by atoms with Crippen LogP contribution in [0.3, 0.4) is 0 Å². The van der Waals surface area contributed by atoms with Crippen molar-refractivity contribution >= 4 is 12.2 Å². The lowest BCUT2D eigenvalue weighted by atomic mass is 10.0. The van der Waals surface area contributed by atoms with Gasteiger partial charge in [-0.05, 0) is 47.0 Å². The maximum Gasteiger partial charge on any atom is 0.416 e. The highest BCUT2D eigenvalue weighted by atomic mass is 19.4. The summed E-state index contributed by atoms with van der Waals surface area (Å²) in [6, 6.07) is 22.7. The number of alkyl halides is 3. The minimum atomic E-state index is -4.38. The molecule has 0 aliphatic rings. The van der Waals surface area contributed by atoms with Gasteiger partial charge in [0.05, 0.1) is 5.56 Å². The predicted octanol–water partition coefficient (Wildman–Crippen LogP) is 6.59. The zero-order valence-corrected chi connectivity index (χ0v) is 15.1. The Labute approximate surface area is 165 Å². The Morgan fingerprint density at radius 3 is 1.93 bits per heavy atom. The summed E-state index contributed by atoms with van der Waals surface area (Å²) < 4.78 is 43.5. The van der Waals surface area contributed by atoms with Gasteiger partial charge in [0.1, 0.15) is 0 Å². The zero-order chi connectivity index (χ0) is 20.3. The van der Waals surface area contributed by atoms with Crippen LogP contribution in [0.15, 0.2) is 83.3 Å². The minimum Gasteiger partial charge on any atom is -0.417 e. The van der Waals surface area contributed by atoms with Crippen LogP contribution < -0.4 is 0 Å². The molecule has 3 aromatic carbocycles. The van der Waals surface area contributed by atoms with Gasteiger partial charge in [-0.15, -0.1) is 10.2 Å². The average Bonchev–Trinajstić information content (AvgIpc) is 3.22. The highest BCUT2D eigenvalue weighted by Crippen LogP contribution is 2.30. The van der Waals surface area contributed by atoms with Crippen LogP contribution in [-0.2, 0) is 6.18 Å². The smallest absolute Gasteiger partial charge is 0.416 e. The van der Waals surface area contributed by atoms with Gasteiger partial charge in [0, 0.05) is 11.6 Å². The van der Waals surface area contributed by atoms with Gasteiger partial charge < -0.3 is 4.42 Å². The van der Waals surface area contributed by atoms with E-state index in [1.165, 1.54) is 12.1 Å². The van der Waals surface area contributed by atoms with E-state index in [2.05, 4.69) is 10.2 Å². The third-order valence-electron chi connectivity index (χ3n) is 4.34. The average molecular weight is 392 g/mol. The van der Waals surface area contributed by atoms with Gasteiger partial charge in [-0.1, -0.05) is 54.6 Å². The van der Waals surface area contributed by atoms with Gasteiger partial charge >= 0.3 is 6.18 Å². The lowest BCUT2D eigenvalue weighted by Gasteiger charge is -2.05. The third kappa shape index (κ3) is 4.43. The van der Waals surface area contributed by atoms with E-state index in [0.29, 0.717) is 5.56 Å². The maximum atomic E-state index is 12.6. The number of hydrogen-bond acceptors (Lipinski definition) is 3. The van der Waals surface area contributed by atoms with E-state index in [0.717, 1.165) is 28.8 Å². The van der Waals surface area contributed by atoms with Crippen molar-refractivity contribution in [2.75, 3.05) is 0 Å². The monoisotopic (exact) mass is 392 g/mol. The van der Waals surface area contributed by atoms with Crippen LogP contribution in [0, 0.1) is 0 Å². The van der Waals surface area contributed by atoms with Crippen molar-refractivity contribution in [3.8, 4) is 22.6 Å². The van der Waals surface area contributed by atoms with Crippen molar-refractivity contribution in [2.24, 2.45) is 0 Å². The molecule has 1 heterocycles. The number of hydrogen-bond donors (Lipinski definition) is 0. The third-order valence-corrected chi connectivity index (χ3v) is 4.34. The van der Waals surface area contributed by atoms with Gasteiger partial charge in [0.15, 0.2) is 0 Å². The maximum absolute atomic E-state index is 12.6. The minimum absolute atomic E-state index is 0.165. The Hall–Kier alpha value is -3.67. The van der Waals surface area contributed by atoms with Crippen LogP contribution in [0.4, 0.5) is 13.2 Å². The summed E-state index contributed by atoms with van der Waals surface area (Å²) in [5, 5.41) is 7.81. The highest BCUT2D eigenvalue weighted by Gasteiger charge is 2.30. The standard InChI is InChI=1S/C23H15F3N2O/c24-23(25,26)20-13-11-19(12-14-20)22-28-27-21(29-22)15-8-16-6-9-18(10-7-16)17-4-2-1-3-5-17/h1-15H/b15-8+. The molecule has 0 radical (unpaired) electrons. The fraction of sp³-hybridized carbons (Fsp3) is 0.0435. The molecule has 29 heavy (non-hydrogen) atoms. The normalized spacial score (nSPS) is 11.8. The van der Waals surface area contributed by atoms with Gasteiger partial charge in [0.25, 0.3) is 0 Å². The predicted molar refractivity (Wildman–Crippen MR) is 106 cm³/mol. The molecule has 3 nitrogen and oxygen atoms in total. The van der Waals surface area contributed by atoms with Gasteiger partial charge in [0.2, 0.25) is 11.8 Å². The number of aromatic nitrogens is 2. The molecular formula is C23H15F3N2O.